The van der Waals surface area contributed by atoms with Gasteiger partial charge in [0.2, 0.25) is 0 Å². The lowest BCUT2D eigenvalue weighted by molar-refractivity contribution is 0.0963. The molecular formula is C14H21N3O. The van der Waals surface area contributed by atoms with Gasteiger partial charge in [0.15, 0.2) is 0 Å². The minimum atomic E-state index is -0.0526. The molecule has 1 saturated heterocycles. The molecule has 0 aromatic heterocycles. The Balaban J connectivity index is 2.35. The summed E-state index contributed by atoms with van der Waals surface area (Å²) in [6.45, 7) is 4.24. The van der Waals surface area contributed by atoms with E-state index in [1.807, 2.05) is 12.1 Å². The number of piperidine rings is 1. The average molecular weight is 247 g/mol. The summed E-state index contributed by atoms with van der Waals surface area (Å²) >= 11 is 0. The molecule has 1 unspecified atom stereocenters. The molecular weight excluding hydrogens is 226 g/mol. The Hall–Kier alpha value is -1.71. The predicted octanol–water partition coefficient (Wildman–Crippen LogP) is 1.86. The molecule has 4 nitrogen and oxygen atoms in total. The maximum absolute atomic E-state index is 11.9. The van der Waals surface area contributed by atoms with E-state index in [-0.39, 0.29) is 5.91 Å². The molecule has 1 aliphatic heterocycles. The fourth-order valence-electron chi connectivity index (χ4n) is 2.55. The molecule has 1 atom stereocenters. The Bertz CT molecular complexity index is 445. The number of hydrogen-bond acceptors (Lipinski definition) is 3. The number of benzene rings is 1. The molecule has 2 rings (SSSR count). The normalized spacial score (nSPS) is 19.7. The lowest BCUT2D eigenvalue weighted by atomic mass is 9.98. The summed E-state index contributed by atoms with van der Waals surface area (Å²) in [5.74, 6) is 0.612. The topological polar surface area (TPSA) is 58.4 Å². The van der Waals surface area contributed by atoms with Crippen molar-refractivity contribution in [3.05, 3.63) is 23.8 Å². The van der Waals surface area contributed by atoms with Crippen LogP contribution in [-0.4, -0.2) is 26.0 Å². The molecule has 1 aromatic carbocycles. The Morgan fingerprint density at radius 3 is 2.94 bits per heavy atom. The second kappa shape index (κ2) is 5.29. The average Bonchev–Trinajstić information content (AvgIpc) is 2.38. The van der Waals surface area contributed by atoms with Gasteiger partial charge in [0.1, 0.15) is 0 Å². The van der Waals surface area contributed by atoms with E-state index in [4.69, 9.17) is 5.73 Å². The molecule has 1 aliphatic rings. The van der Waals surface area contributed by atoms with Crippen LogP contribution in [0.3, 0.4) is 0 Å². The molecule has 1 fully saturated rings. The van der Waals surface area contributed by atoms with Crippen molar-refractivity contribution in [3.63, 3.8) is 0 Å². The van der Waals surface area contributed by atoms with E-state index in [9.17, 15) is 4.79 Å². The highest BCUT2D eigenvalue weighted by Crippen LogP contribution is 2.28. The first-order valence-corrected chi connectivity index (χ1v) is 6.48. The highest BCUT2D eigenvalue weighted by Gasteiger charge is 2.21. The molecule has 0 radical (unpaired) electrons. The fraction of sp³-hybridized carbons (Fsp3) is 0.500. The Kier molecular flexibility index (Phi) is 3.75. The van der Waals surface area contributed by atoms with Gasteiger partial charge in [0.05, 0.1) is 11.3 Å². The highest BCUT2D eigenvalue weighted by molar-refractivity contribution is 6.00. The minimum Gasteiger partial charge on any atom is -0.399 e. The number of carbonyl (C=O) groups excluding carboxylic acids is 1. The second-order valence-corrected chi connectivity index (χ2v) is 5.05. The largest absolute Gasteiger partial charge is 0.399 e. The number of amides is 1. The number of nitrogens with two attached hydrogens (primary N) is 1. The smallest absolute Gasteiger partial charge is 0.253 e. The summed E-state index contributed by atoms with van der Waals surface area (Å²) in [7, 11) is 1.65. The second-order valence-electron chi connectivity index (χ2n) is 5.05. The molecule has 4 heteroatoms. The van der Waals surface area contributed by atoms with Crippen LogP contribution in [0.5, 0.6) is 0 Å². The van der Waals surface area contributed by atoms with Crippen LogP contribution in [0.4, 0.5) is 11.4 Å². The molecule has 0 spiro atoms. The van der Waals surface area contributed by atoms with Crippen molar-refractivity contribution in [1.82, 2.24) is 5.32 Å². The Labute approximate surface area is 108 Å². The molecule has 0 aliphatic carbocycles. The van der Waals surface area contributed by atoms with Gasteiger partial charge >= 0.3 is 0 Å². The summed E-state index contributed by atoms with van der Waals surface area (Å²) in [5, 5.41) is 2.69. The van der Waals surface area contributed by atoms with Crippen molar-refractivity contribution in [1.29, 1.82) is 0 Å². The Morgan fingerprint density at radius 2 is 2.28 bits per heavy atom. The first kappa shape index (κ1) is 12.7. The number of nitrogens with zero attached hydrogens (tertiary/aromatic N) is 1. The minimum absolute atomic E-state index is 0.0526. The van der Waals surface area contributed by atoms with Gasteiger partial charge in [0, 0.05) is 25.8 Å². The number of anilines is 2. The maximum atomic E-state index is 11.9. The predicted molar refractivity (Wildman–Crippen MR) is 74.9 cm³/mol. The molecule has 1 heterocycles. The number of hydrogen-bond donors (Lipinski definition) is 2. The van der Waals surface area contributed by atoms with Crippen molar-refractivity contribution in [2.45, 2.75) is 19.8 Å². The van der Waals surface area contributed by atoms with Crippen molar-refractivity contribution in [2.24, 2.45) is 5.92 Å². The zero-order valence-corrected chi connectivity index (χ0v) is 11.1. The van der Waals surface area contributed by atoms with Crippen LogP contribution in [0, 0.1) is 5.92 Å². The van der Waals surface area contributed by atoms with Gasteiger partial charge in [-0.05, 0) is 37.0 Å². The summed E-state index contributed by atoms with van der Waals surface area (Å²) in [6.07, 6.45) is 2.43. The van der Waals surface area contributed by atoms with Crippen LogP contribution in [0.25, 0.3) is 0 Å². The van der Waals surface area contributed by atoms with E-state index in [1.54, 1.807) is 13.1 Å². The van der Waals surface area contributed by atoms with E-state index in [2.05, 4.69) is 17.1 Å². The van der Waals surface area contributed by atoms with Gasteiger partial charge < -0.3 is 16.0 Å². The monoisotopic (exact) mass is 247 g/mol. The Morgan fingerprint density at radius 1 is 1.50 bits per heavy atom. The van der Waals surface area contributed by atoms with Gasteiger partial charge in [-0.15, -0.1) is 0 Å². The van der Waals surface area contributed by atoms with E-state index in [0.29, 0.717) is 17.2 Å². The molecule has 0 saturated carbocycles. The lowest BCUT2D eigenvalue weighted by Gasteiger charge is -2.34. The summed E-state index contributed by atoms with van der Waals surface area (Å²) in [6, 6.07) is 5.49. The van der Waals surface area contributed by atoms with Crippen molar-refractivity contribution in [2.75, 3.05) is 30.8 Å². The molecule has 0 bridgehead atoms. The van der Waals surface area contributed by atoms with Crippen LogP contribution < -0.4 is 16.0 Å². The fourth-order valence-corrected chi connectivity index (χ4v) is 2.55. The third-order valence-corrected chi connectivity index (χ3v) is 3.49. The molecule has 18 heavy (non-hydrogen) atoms. The quantitative estimate of drug-likeness (QED) is 0.784. The SMILES string of the molecule is CNC(=O)c1ccc(N)cc1N1CCCC(C)C1. The summed E-state index contributed by atoms with van der Waals surface area (Å²) in [5.41, 5.74) is 8.22. The van der Waals surface area contributed by atoms with Crippen molar-refractivity contribution in [3.8, 4) is 0 Å². The van der Waals surface area contributed by atoms with Gasteiger partial charge in [-0.3, -0.25) is 4.79 Å². The van der Waals surface area contributed by atoms with Crippen LogP contribution in [-0.2, 0) is 0 Å². The number of carbonyl (C=O) groups is 1. The van der Waals surface area contributed by atoms with Crippen molar-refractivity contribution < 1.29 is 4.79 Å². The molecule has 98 valence electrons. The number of nitrogens with one attached hydrogen (secondary N) is 1. The third-order valence-electron chi connectivity index (χ3n) is 3.49. The summed E-state index contributed by atoms with van der Waals surface area (Å²) < 4.78 is 0. The number of nitrogen functional groups attached to an aromatic ring is 1. The van der Waals surface area contributed by atoms with Gasteiger partial charge in [-0.2, -0.15) is 0 Å². The molecule has 1 amide bonds. The van der Waals surface area contributed by atoms with Gasteiger partial charge in [0.25, 0.3) is 5.91 Å². The summed E-state index contributed by atoms with van der Waals surface area (Å²) in [4.78, 5) is 14.2. The zero-order chi connectivity index (χ0) is 13.1. The molecule has 1 aromatic rings. The van der Waals surface area contributed by atoms with E-state index in [0.717, 1.165) is 18.8 Å². The highest BCUT2D eigenvalue weighted by atomic mass is 16.1. The first-order chi connectivity index (χ1) is 8.61. The van der Waals surface area contributed by atoms with Gasteiger partial charge in [-0.1, -0.05) is 6.92 Å². The van der Waals surface area contributed by atoms with Crippen LogP contribution >= 0.6 is 0 Å². The first-order valence-electron chi connectivity index (χ1n) is 6.48. The van der Waals surface area contributed by atoms with E-state index < -0.39 is 0 Å². The van der Waals surface area contributed by atoms with Gasteiger partial charge in [-0.25, -0.2) is 0 Å². The van der Waals surface area contributed by atoms with Crippen LogP contribution in [0.2, 0.25) is 0 Å². The van der Waals surface area contributed by atoms with E-state index in [1.165, 1.54) is 12.8 Å². The van der Waals surface area contributed by atoms with Crippen molar-refractivity contribution >= 4 is 17.3 Å². The van der Waals surface area contributed by atoms with E-state index >= 15 is 0 Å². The standard InChI is InChI=1S/C14H21N3O/c1-10-4-3-7-17(9-10)13-8-11(15)5-6-12(13)14(18)16-2/h5-6,8,10H,3-4,7,9,15H2,1-2H3,(H,16,18). The molecule has 3 N–H and O–H groups in total. The third kappa shape index (κ3) is 2.58. The van der Waals surface area contributed by atoms with Crippen LogP contribution in [0.15, 0.2) is 18.2 Å². The zero-order valence-electron chi connectivity index (χ0n) is 11.1. The maximum Gasteiger partial charge on any atom is 0.253 e. The lowest BCUT2D eigenvalue weighted by Crippen LogP contribution is -2.36. The van der Waals surface area contributed by atoms with Crippen LogP contribution in [0.1, 0.15) is 30.1 Å². The number of rotatable bonds is 2.